The van der Waals surface area contributed by atoms with Crippen molar-refractivity contribution in [1.82, 2.24) is 15.6 Å². The Labute approximate surface area is 229 Å². The van der Waals surface area contributed by atoms with Gasteiger partial charge in [-0.15, -0.1) is 12.3 Å². The van der Waals surface area contributed by atoms with Crippen LogP contribution in [0.2, 0.25) is 0 Å². The molecule has 0 spiro atoms. The zero-order valence-corrected chi connectivity index (χ0v) is 21.8. The third kappa shape index (κ3) is 8.09. The van der Waals surface area contributed by atoms with Crippen LogP contribution in [0.15, 0.2) is 48.6 Å². The molecule has 1 fully saturated rings. The van der Waals surface area contributed by atoms with Gasteiger partial charge in [-0.25, -0.2) is 4.79 Å². The molecule has 8 nitrogen and oxygen atoms in total. The number of carbonyl (C=O) groups is 4. The van der Waals surface area contributed by atoms with Gasteiger partial charge in [0.2, 0.25) is 11.8 Å². The van der Waals surface area contributed by atoms with Gasteiger partial charge < -0.3 is 20.4 Å². The number of terminal acetylenes is 1. The molecule has 0 saturated carbocycles. The first-order valence-electron chi connectivity index (χ1n) is 12.8. The van der Waals surface area contributed by atoms with E-state index in [1.54, 1.807) is 6.92 Å². The molecule has 3 rings (SSSR count). The molecule has 2 aromatic rings. The lowest BCUT2D eigenvalue weighted by atomic mass is 9.94. The zero-order valence-electron chi connectivity index (χ0n) is 21.8. The van der Waals surface area contributed by atoms with Gasteiger partial charge in [-0.05, 0) is 38.0 Å². The number of ether oxygens (including phenoxy) is 1. The lowest BCUT2D eigenvalue weighted by Gasteiger charge is -2.21. The van der Waals surface area contributed by atoms with E-state index in [9.17, 15) is 32.3 Å². The zero-order chi connectivity index (χ0) is 29.3. The number of rotatable bonds is 12. The number of ketones is 1. The van der Waals surface area contributed by atoms with Crippen LogP contribution >= 0.6 is 0 Å². The molecule has 2 amide bonds. The predicted octanol–water partition coefficient (Wildman–Crippen LogP) is 4.04. The van der Waals surface area contributed by atoms with Crippen molar-refractivity contribution in [1.29, 1.82) is 0 Å². The minimum absolute atomic E-state index is 0.0307. The molecule has 1 aromatic carbocycles. The Balaban J connectivity index is 1.74. The molecule has 212 valence electrons. The van der Waals surface area contributed by atoms with Gasteiger partial charge in [0.05, 0.1) is 23.8 Å². The number of amides is 2. The Morgan fingerprint density at radius 1 is 1.23 bits per heavy atom. The molecular formula is C29H30F3N3O5. The summed E-state index contributed by atoms with van der Waals surface area (Å²) in [6, 6.07) is 7.01. The van der Waals surface area contributed by atoms with E-state index in [0.29, 0.717) is 13.0 Å². The summed E-state index contributed by atoms with van der Waals surface area (Å²) in [6.45, 7) is 2.32. The number of benzene rings is 1. The van der Waals surface area contributed by atoms with E-state index in [-0.39, 0.29) is 54.6 Å². The van der Waals surface area contributed by atoms with Crippen LogP contribution in [0.1, 0.15) is 48.7 Å². The quantitative estimate of drug-likeness (QED) is 0.158. The lowest BCUT2D eigenvalue weighted by molar-refractivity contribution is -0.138. The molecule has 0 radical (unpaired) electrons. The highest BCUT2D eigenvalue weighted by atomic mass is 19.4. The molecule has 0 aliphatic carbocycles. The average Bonchev–Trinajstić information content (AvgIpc) is 3.56. The molecule has 2 heterocycles. The first-order valence-corrected chi connectivity index (χ1v) is 12.8. The summed E-state index contributed by atoms with van der Waals surface area (Å²) in [6.07, 6.45) is 3.87. The van der Waals surface area contributed by atoms with Gasteiger partial charge >= 0.3 is 12.1 Å². The number of esters is 1. The van der Waals surface area contributed by atoms with E-state index in [1.165, 1.54) is 42.5 Å². The molecule has 3 atom stereocenters. The molecule has 40 heavy (non-hydrogen) atoms. The van der Waals surface area contributed by atoms with Crippen molar-refractivity contribution < 1.29 is 37.1 Å². The molecule has 1 aromatic heterocycles. The highest BCUT2D eigenvalue weighted by Crippen LogP contribution is 2.36. The number of halogens is 3. The van der Waals surface area contributed by atoms with Crippen molar-refractivity contribution in [2.24, 2.45) is 11.8 Å². The SMILES string of the molecule is C#CC[C@@H](CC(=O)c1ccc(-c2ccccc2C(F)(F)F)[nH]1)C(=O)N[C@@H](/C=C/C(=O)OCC)C[C@H]1CCNC1=O. The summed E-state index contributed by atoms with van der Waals surface area (Å²) in [4.78, 5) is 52.8. The van der Waals surface area contributed by atoms with E-state index in [2.05, 4.69) is 21.5 Å². The summed E-state index contributed by atoms with van der Waals surface area (Å²) in [5.74, 6) is -0.792. The summed E-state index contributed by atoms with van der Waals surface area (Å²) >= 11 is 0. The van der Waals surface area contributed by atoms with Crippen LogP contribution in [0.4, 0.5) is 13.2 Å². The molecule has 0 bridgehead atoms. The van der Waals surface area contributed by atoms with Crippen LogP contribution in [0.25, 0.3) is 11.3 Å². The molecule has 1 saturated heterocycles. The molecule has 3 N–H and O–H groups in total. The van der Waals surface area contributed by atoms with Crippen LogP contribution in [0, 0.1) is 24.2 Å². The number of carbonyl (C=O) groups excluding carboxylic acids is 4. The fraction of sp³-hybridized carbons (Fsp3) is 0.379. The maximum atomic E-state index is 13.4. The van der Waals surface area contributed by atoms with Gasteiger partial charge in [-0.2, -0.15) is 13.2 Å². The number of H-pyrrole nitrogens is 1. The van der Waals surface area contributed by atoms with Gasteiger partial charge in [0, 0.05) is 48.7 Å². The first-order chi connectivity index (χ1) is 19.0. The number of aromatic nitrogens is 1. The van der Waals surface area contributed by atoms with Crippen molar-refractivity contribution in [2.45, 2.75) is 44.8 Å². The summed E-state index contributed by atoms with van der Waals surface area (Å²) < 4.78 is 45.2. The smallest absolute Gasteiger partial charge is 0.417 e. The van der Waals surface area contributed by atoms with E-state index >= 15 is 0 Å². The Hall–Kier alpha value is -4.33. The first kappa shape index (κ1) is 30.2. The van der Waals surface area contributed by atoms with Gasteiger partial charge in [-0.3, -0.25) is 14.4 Å². The van der Waals surface area contributed by atoms with Crippen LogP contribution in [0.3, 0.4) is 0 Å². The summed E-state index contributed by atoms with van der Waals surface area (Å²) in [5, 5.41) is 5.48. The summed E-state index contributed by atoms with van der Waals surface area (Å²) in [5.41, 5.74) is -0.825. The second kappa shape index (κ2) is 13.6. The monoisotopic (exact) mass is 557 g/mol. The van der Waals surface area contributed by atoms with Crippen LogP contribution in [-0.2, 0) is 25.3 Å². The maximum Gasteiger partial charge on any atom is 0.417 e. The Morgan fingerprint density at radius 2 is 1.98 bits per heavy atom. The highest BCUT2D eigenvalue weighted by molar-refractivity contribution is 5.98. The van der Waals surface area contributed by atoms with E-state index in [0.717, 1.165) is 6.07 Å². The molecule has 0 unspecified atom stereocenters. The number of alkyl halides is 3. The van der Waals surface area contributed by atoms with Gasteiger partial charge in [-0.1, -0.05) is 24.3 Å². The number of hydrogen-bond donors (Lipinski definition) is 3. The third-order valence-electron chi connectivity index (χ3n) is 6.46. The minimum atomic E-state index is -4.58. The van der Waals surface area contributed by atoms with Crippen molar-refractivity contribution >= 4 is 23.6 Å². The molecule has 1 aliphatic rings. The van der Waals surface area contributed by atoms with Crippen LogP contribution < -0.4 is 10.6 Å². The predicted molar refractivity (Wildman–Crippen MR) is 141 cm³/mol. The number of aromatic amines is 1. The van der Waals surface area contributed by atoms with Crippen LogP contribution in [0.5, 0.6) is 0 Å². The Morgan fingerprint density at radius 3 is 2.62 bits per heavy atom. The van der Waals surface area contributed by atoms with Crippen molar-refractivity contribution in [3.05, 3.63) is 59.8 Å². The van der Waals surface area contributed by atoms with Gasteiger partial charge in [0.15, 0.2) is 5.78 Å². The van der Waals surface area contributed by atoms with E-state index in [4.69, 9.17) is 11.2 Å². The van der Waals surface area contributed by atoms with Gasteiger partial charge in [0.1, 0.15) is 0 Å². The van der Waals surface area contributed by atoms with Crippen molar-refractivity contribution in [2.75, 3.05) is 13.2 Å². The largest absolute Gasteiger partial charge is 0.463 e. The summed E-state index contributed by atoms with van der Waals surface area (Å²) in [7, 11) is 0. The van der Waals surface area contributed by atoms with Crippen LogP contribution in [-0.4, -0.2) is 47.7 Å². The topological polar surface area (TPSA) is 117 Å². The standard InChI is InChI=1S/C29H30F3N3O5/c1-3-7-18(28(39)34-20(10-13-26(37)40-4-2)16-19-14-15-33-27(19)38)17-25(36)24-12-11-23(35-24)21-8-5-6-9-22(21)29(30,31)32/h1,5-6,8-13,18-20,35H,4,7,14-17H2,2H3,(H,33,38)(H,34,39)/b13-10+/t18-,19+,20-/m0/s1. The molecular weight excluding hydrogens is 527 g/mol. The fourth-order valence-corrected chi connectivity index (χ4v) is 4.46. The Kier molecular flexibility index (Phi) is 10.3. The van der Waals surface area contributed by atoms with Gasteiger partial charge in [0.25, 0.3) is 0 Å². The van der Waals surface area contributed by atoms with Crippen molar-refractivity contribution in [3.8, 4) is 23.6 Å². The lowest BCUT2D eigenvalue weighted by Crippen LogP contribution is -2.40. The number of hydrogen-bond acceptors (Lipinski definition) is 5. The molecule has 1 aliphatic heterocycles. The fourth-order valence-electron chi connectivity index (χ4n) is 4.46. The minimum Gasteiger partial charge on any atom is -0.463 e. The third-order valence-corrected chi connectivity index (χ3v) is 6.46. The normalized spacial score (nSPS) is 16.7. The van der Waals surface area contributed by atoms with E-state index < -0.39 is 41.4 Å². The van der Waals surface area contributed by atoms with E-state index in [1.807, 2.05) is 0 Å². The average molecular weight is 558 g/mol. The highest BCUT2D eigenvalue weighted by Gasteiger charge is 2.34. The second-order valence-corrected chi connectivity index (χ2v) is 9.30. The molecule has 11 heteroatoms. The van der Waals surface area contributed by atoms with Crippen molar-refractivity contribution in [3.63, 3.8) is 0 Å². The Bertz CT molecular complexity index is 1310. The second-order valence-electron chi connectivity index (χ2n) is 9.30. The number of Topliss-reactive ketones (excluding diaryl/α,β-unsaturated/α-hetero) is 1. The number of nitrogens with one attached hydrogen (secondary N) is 3. The maximum absolute atomic E-state index is 13.4.